The van der Waals surface area contributed by atoms with Crippen molar-refractivity contribution in [2.45, 2.75) is 6.04 Å². The molecule has 2 heterocycles. The number of fused-ring (bicyclic) bond motifs is 1. The molecule has 1 aliphatic heterocycles. The summed E-state index contributed by atoms with van der Waals surface area (Å²) in [7, 11) is 1.56. The first kappa shape index (κ1) is 14.3. The van der Waals surface area contributed by atoms with Crippen LogP contribution in [0.25, 0.3) is 0 Å². The van der Waals surface area contributed by atoms with Crippen molar-refractivity contribution in [2.24, 2.45) is 0 Å². The van der Waals surface area contributed by atoms with Gasteiger partial charge in [0.1, 0.15) is 24.1 Å². The average Bonchev–Trinajstić information content (AvgIpc) is 2.77. The molecule has 6 heteroatoms. The minimum absolute atomic E-state index is 0.159. The van der Waals surface area contributed by atoms with Gasteiger partial charge in [-0.3, -0.25) is 15.1 Å². The summed E-state index contributed by atoms with van der Waals surface area (Å²) >= 11 is 0. The molecule has 2 aromatic rings. The van der Waals surface area contributed by atoms with E-state index >= 15 is 0 Å². The molecule has 1 aromatic carbocycles. The highest BCUT2D eigenvalue weighted by Crippen LogP contribution is 2.28. The van der Waals surface area contributed by atoms with Gasteiger partial charge in [-0.05, 0) is 6.07 Å². The van der Waals surface area contributed by atoms with Gasteiger partial charge >= 0.3 is 0 Å². The van der Waals surface area contributed by atoms with E-state index in [1.165, 1.54) is 0 Å². The summed E-state index contributed by atoms with van der Waals surface area (Å²) in [6.07, 6.45) is 3.17. The van der Waals surface area contributed by atoms with Crippen molar-refractivity contribution in [1.29, 1.82) is 0 Å². The van der Waals surface area contributed by atoms with Crippen LogP contribution in [0.15, 0.2) is 42.7 Å². The van der Waals surface area contributed by atoms with Gasteiger partial charge in [-0.25, -0.2) is 0 Å². The molecule has 0 saturated carbocycles. The summed E-state index contributed by atoms with van der Waals surface area (Å²) in [6, 6.07) is 8.81. The molecule has 1 aromatic heterocycles. The van der Waals surface area contributed by atoms with Crippen LogP contribution in [0.2, 0.25) is 0 Å². The number of methoxy groups -OCH3 is 1. The van der Waals surface area contributed by atoms with E-state index in [-0.39, 0.29) is 5.91 Å². The molecule has 1 amide bonds. The van der Waals surface area contributed by atoms with E-state index in [0.717, 1.165) is 11.3 Å². The highest BCUT2D eigenvalue weighted by atomic mass is 16.5. The molecule has 0 aliphatic carbocycles. The zero-order valence-electron chi connectivity index (χ0n) is 12.2. The van der Waals surface area contributed by atoms with Crippen molar-refractivity contribution < 1.29 is 14.3 Å². The van der Waals surface area contributed by atoms with Crippen LogP contribution in [-0.4, -0.2) is 31.2 Å². The molecule has 3 rings (SSSR count). The Morgan fingerprint density at radius 1 is 1.41 bits per heavy atom. The molecular formula is C16H17N3O3. The first-order valence-corrected chi connectivity index (χ1v) is 7.03. The summed E-state index contributed by atoms with van der Waals surface area (Å²) in [5.41, 5.74) is 1.42. The van der Waals surface area contributed by atoms with Gasteiger partial charge in [-0.1, -0.05) is 18.2 Å². The monoisotopic (exact) mass is 299 g/mol. The van der Waals surface area contributed by atoms with E-state index in [1.807, 2.05) is 24.3 Å². The van der Waals surface area contributed by atoms with Crippen LogP contribution in [0.1, 0.15) is 11.6 Å². The Morgan fingerprint density at radius 2 is 2.27 bits per heavy atom. The number of hydrogen-bond acceptors (Lipinski definition) is 5. The molecule has 1 aliphatic rings. The average molecular weight is 299 g/mol. The fourth-order valence-electron chi connectivity index (χ4n) is 2.37. The third-order valence-corrected chi connectivity index (χ3v) is 3.42. The van der Waals surface area contributed by atoms with Crippen LogP contribution in [-0.2, 0) is 4.79 Å². The maximum absolute atomic E-state index is 12.6. The maximum atomic E-state index is 12.6. The Morgan fingerprint density at radius 3 is 3.14 bits per heavy atom. The molecule has 0 radical (unpaired) electrons. The first-order valence-electron chi connectivity index (χ1n) is 7.03. The molecule has 1 atom stereocenters. The Labute approximate surface area is 128 Å². The Hall–Kier alpha value is -2.60. The SMILES string of the molecule is COc1cncc(NC(=O)C2NCCOc3ccccc32)c1. The maximum Gasteiger partial charge on any atom is 0.246 e. The number of pyridine rings is 1. The second kappa shape index (κ2) is 6.44. The van der Waals surface area contributed by atoms with Crippen LogP contribution >= 0.6 is 0 Å². The van der Waals surface area contributed by atoms with Crippen molar-refractivity contribution in [3.05, 3.63) is 48.3 Å². The zero-order chi connectivity index (χ0) is 15.4. The van der Waals surface area contributed by atoms with Gasteiger partial charge in [0.05, 0.1) is 25.2 Å². The predicted octanol–water partition coefficient (Wildman–Crippen LogP) is 1.75. The molecule has 0 spiro atoms. The standard InChI is InChI=1S/C16H17N3O3/c1-21-12-8-11(9-17-10-12)19-16(20)15-13-4-2-3-5-14(13)22-7-6-18-15/h2-5,8-10,15,18H,6-7H2,1H3,(H,19,20). The second-order valence-corrected chi connectivity index (χ2v) is 4.88. The predicted molar refractivity (Wildman–Crippen MR) is 82.1 cm³/mol. The van der Waals surface area contributed by atoms with E-state index in [4.69, 9.17) is 9.47 Å². The smallest absolute Gasteiger partial charge is 0.246 e. The Kier molecular flexibility index (Phi) is 4.20. The second-order valence-electron chi connectivity index (χ2n) is 4.88. The number of amides is 1. The van der Waals surface area contributed by atoms with E-state index in [2.05, 4.69) is 15.6 Å². The van der Waals surface area contributed by atoms with Gasteiger partial charge in [0.25, 0.3) is 0 Å². The normalized spacial score (nSPS) is 16.9. The first-order chi connectivity index (χ1) is 10.8. The molecule has 22 heavy (non-hydrogen) atoms. The van der Waals surface area contributed by atoms with Gasteiger partial charge in [0.15, 0.2) is 0 Å². The number of aromatic nitrogens is 1. The Balaban J connectivity index is 1.82. The largest absolute Gasteiger partial charge is 0.495 e. The summed E-state index contributed by atoms with van der Waals surface area (Å²) in [5, 5.41) is 6.05. The minimum atomic E-state index is -0.468. The van der Waals surface area contributed by atoms with E-state index in [1.54, 1.807) is 25.6 Å². The molecule has 0 bridgehead atoms. The summed E-state index contributed by atoms with van der Waals surface area (Å²) in [6.45, 7) is 1.13. The van der Waals surface area contributed by atoms with E-state index in [9.17, 15) is 4.79 Å². The number of carbonyl (C=O) groups is 1. The van der Waals surface area contributed by atoms with Gasteiger partial charge in [0, 0.05) is 18.2 Å². The number of nitrogens with zero attached hydrogens (tertiary/aromatic N) is 1. The number of nitrogens with one attached hydrogen (secondary N) is 2. The number of anilines is 1. The van der Waals surface area contributed by atoms with Crippen LogP contribution in [0.5, 0.6) is 11.5 Å². The van der Waals surface area contributed by atoms with Crippen LogP contribution in [0.4, 0.5) is 5.69 Å². The lowest BCUT2D eigenvalue weighted by Gasteiger charge is -2.17. The van der Waals surface area contributed by atoms with Crippen molar-refractivity contribution in [2.75, 3.05) is 25.6 Å². The Bertz CT molecular complexity index is 675. The van der Waals surface area contributed by atoms with E-state index in [0.29, 0.717) is 24.6 Å². The number of benzene rings is 1. The van der Waals surface area contributed by atoms with Gasteiger partial charge in [-0.2, -0.15) is 0 Å². The van der Waals surface area contributed by atoms with Crippen LogP contribution in [0.3, 0.4) is 0 Å². The lowest BCUT2D eigenvalue weighted by molar-refractivity contribution is -0.118. The lowest BCUT2D eigenvalue weighted by atomic mass is 10.1. The minimum Gasteiger partial charge on any atom is -0.495 e. The molecular weight excluding hydrogens is 282 g/mol. The van der Waals surface area contributed by atoms with Gasteiger partial charge < -0.3 is 14.8 Å². The fourth-order valence-corrected chi connectivity index (χ4v) is 2.37. The van der Waals surface area contributed by atoms with Crippen LogP contribution < -0.4 is 20.1 Å². The van der Waals surface area contributed by atoms with Crippen molar-refractivity contribution in [1.82, 2.24) is 10.3 Å². The quantitative estimate of drug-likeness (QED) is 0.903. The zero-order valence-corrected chi connectivity index (χ0v) is 12.2. The topological polar surface area (TPSA) is 72.5 Å². The third-order valence-electron chi connectivity index (χ3n) is 3.42. The highest BCUT2D eigenvalue weighted by Gasteiger charge is 2.25. The fraction of sp³-hybridized carbons (Fsp3) is 0.250. The number of rotatable bonds is 3. The number of ether oxygens (including phenoxy) is 2. The van der Waals surface area contributed by atoms with Crippen molar-refractivity contribution >= 4 is 11.6 Å². The number of carbonyl (C=O) groups excluding carboxylic acids is 1. The number of hydrogen-bond donors (Lipinski definition) is 2. The molecule has 0 saturated heterocycles. The molecule has 0 fully saturated rings. The van der Waals surface area contributed by atoms with Gasteiger partial charge in [0.2, 0.25) is 5.91 Å². The van der Waals surface area contributed by atoms with Crippen molar-refractivity contribution in [3.8, 4) is 11.5 Å². The summed E-state index contributed by atoms with van der Waals surface area (Å²) < 4.78 is 10.7. The lowest BCUT2D eigenvalue weighted by Crippen LogP contribution is -2.33. The number of para-hydroxylation sites is 1. The van der Waals surface area contributed by atoms with E-state index < -0.39 is 6.04 Å². The van der Waals surface area contributed by atoms with Crippen LogP contribution in [0, 0.1) is 0 Å². The molecule has 2 N–H and O–H groups in total. The summed E-state index contributed by atoms with van der Waals surface area (Å²) in [4.78, 5) is 16.6. The molecule has 114 valence electrons. The molecule has 6 nitrogen and oxygen atoms in total. The molecule has 1 unspecified atom stereocenters. The third kappa shape index (κ3) is 3.01. The summed E-state index contributed by atoms with van der Waals surface area (Å²) in [5.74, 6) is 1.17. The van der Waals surface area contributed by atoms with Gasteiger partial charge in [-0.15, -0.1) is 0 Å². The van der Waals surface area contributed by atoms with Crippen molar-refractivity contribution in [3.63, 3.8) is 0 Å². The highest BCUT2D eigenvalue weighted by molar-refractivity contribution is 5.96.